The van der Waals surface area contributed by atoms with E-state index >= 15 is 0 Å². The number of halogens is 1. The van der Waals surface area contributed by atoms with Gasteiger partial charge in [-0.15, -0.1) is 0 Å². The normalized spacial score (nSPS) is 12.3. The molecule has 1 atom stereocenters. The number of carbonyl (C=O) groups excluding carboxylic acids is 2. The molecule has 0 aliphatic rings. The third kappa shape index (κ3) is 7.70. The molecule has 0 spiro atoms. The summed E-state index contributed by atoms with van der Waals surface area (Å²) in [6.07, 6.45) is 2.50. The van der Waals surface area contributed by atoms with Gasteiger partial charge in [0.05, 0.1) is 0 Å². The number of rotatable bonds is 9. The van der Waals surface area contributed by atoms with Crippen LogP contribution in [-0.4, -0.2) is 28.3 Å². The van der Waals surface area contributed by atoms with Gasteiger partial charge >= 0.3 is 0 Å². The van der Waals surface area contributed by atoms with E-state index in [4.69, 9.17) is 11.6 Å². The lowest BCUT2D eigenvalue weighted by atomic mass is 10.0. The number of carbonyl (C=O) groups is 2. The van der Waals surface area contributed by atoms with Crippen molar-refractivity contribution in [2.45, 2.75) is 78.4 Å². The van der Waals surface area contributed by atoms with Crippen LogP contribution < -0.4 is 5.32 Å². The van der Waals surface area contributed by atoms with E-state index in [2.05, 4.69) is 36.5 Å². The first-order chi connectivity index (χ1) is 14.6. The number of aryl methyl sites for hydroxylation is 2. The second-order valence-corrected chi connectivity index (χ2v) is 9.35. The maximum atomic E-state index is 13.3. The number of benzene rings is 2. The fourth-order valence-corrected chi connectivity index (χ4v) is 3.71. The van der Waals surface area contributed by atoms with E-state index < -0.39 is 6.04 Å². The number of amides is 2. The third-order valence-corrected chi connectivity index (χ3v) is 5.61. The first-order valence-electron chi connectivity index (χ1n) is 11.1. The number of hydrogen-bond donors (Lipinski definition) is 1. The Morgan fingerprint density at radius 2 is 1.61 bits per heavy atom. The minimum Gasteiger partial charge on any atom is -0.350 e. The largest absolute Gasteiger partial charge is 0.350 e. The average Bonchev–Trinajstić information content (AvgIpc) is 2.72. The van der Waals surface area contributed by atoms with Crippen LogP contribution in [0.2, 0.25) is 5.02 Å². The Hall–Kier alpha value is -2.33. The Kier molecular flexibility index (Phi) is 9.12. The summed E-state index contributed by atoms with van der Waals surface area (Å²) in [6, 6.07) is 15.3. The summed E-state index contributed by atoms with van der Waals surface area (Å²) >= 11 is 6.37. The number of nitrogens with zero attached hydrogens (tertiary/aromatic N) is 1. The molecule has 31 heavy (non-hydrogen) atoms. The highest BCUT2D eigenvalue weighted by Crippen LogP contribution is 2.21. The van der Waals surface area contributed by atoms with Crippen LogP contribution in [0.3, 0.4) is 0 Å². The summed E-state index contributed by atoms with van der Waals surface area (Å²) in [4.78, 5) is 28.0. The van der Waals surface area contributed by atoms with Crippen LogP contribution in [0.15, 0.2) is 48.5 Å². The van der Waals surface area contributed by atoms with Crippen LogP contribution in [-0.2, 0) is 29.0 Å². The first kappa shape index (κ1) is 24.9. The standard InChI is InChI=1S/C26H35ClN2O2/c1-6-19-12-14-20(15-13-19)16-17-24(30)29(18-21-10-8-9-11-22(21)27)23(7-2)25(31)28-26(3,4)5/h8-15,23H,6-7,16-18H2,1-5H3,(H,28,31)/t23-/m1/s1. The van der Waals surface area contributed by atoms with E-state index in [-0.39, 0.29) is 17.4 Å². The van der Waals surface area contributed by atoms with Crippen LogP contribution in [0.25, 0.3) is 0 Å². The fourth-order valence-electron chi connectivity index (χ4n) is 3.52. The van der Waals surface area contributed by atoms with Crippen molar-refractivity contribution >= 4 is 23.4 Å². The predicted molar refractivity (Wildman–Crippen MR) is 128 cm³/mol. The number of hydrogen-bond acceptors (Lipinski definition) is 2. The topological polar surface area (TPSA) is 49.4 Å². The molecule has 0 aliphatic heterocycles. The lowest BCUT2D eigenvalue weighted by Crippen LogP contribution is -2.53. The molecule has 1 N–H and O–H groups in total. The van der Waals surface area contributed by atoms with E-state index in [0.717, 1.165) is 17.5 Å². The highest BCUT2D eigenvalue weighted by atomic mass is 35.5. The van der Waals surface area contributed by atoms with Crippen LogP contribution in [0.4, 0.5) is 0 Å². The molecule has 0 saturated carbocycles. The number of nitrogens with one attached hydrogen (secondary N) is 1. The molecule has 4 nitrogen and oxygen atoms in total. The molecule has 2 amide bonds. The van der Waals surface area contributed by atoms with Crippen molar-refractivity contribution in [1.29, 1.82) is 0 Å². The zero-order valence-corrected chi connectivity index (χ0v) is 20.1. The lowest BCUT2D eigenvalue weighted by molar-refractivity contribution is -0.142. The molecule has 0 radical (unpaired) electrons. The summed E-state index contributed by atoms with van der Waals surface area (Å²) in [7, 11) is 0. The average molecular weight is 443 g/mol. The minimum atomic E-state index is -0.550. The van der Waals surface area contributed by atoms with Crippen LogP contribution >= 0.6 is 11.6 Å². The van der Waals surface area contributed by atoms with Gasteiger partial charge in [0, 0.05) is 23.5 Å². The molecule has 168 valence electrons. The van der Waals surface area contributed by atoms with Crippen molar-refractivity contribution in [3.8, 4) is 0 Å². The second-order valence-electron chi connectivity index (χ2n) is 8.95. The minimum absolute atomic E-state index is 0.0459. The maximum Gasteiger partial charge on any atom is 0.243 e. The Morgan fingerprint density at radius 1 is 1.00 bits per heavy atom. The van der Waals surface area contributed by atoms with Gasteiger partial charge in [-0.3, -0.25) is 9.59 Å². The molecular formula is C26H35ClN2O2. The van der Waals surface area contributed by atoms with Crippen LogP contribution in [0, 0.1) is 0 Å². The Bertz CT molecular complexity index is 872. The van der Waals surface area contributed by atoms with Crippen LogP contribution in [0.1, 0.15) is 64.2 Å². The summed E-state index contributed by atoms with van der Waals surface area (Å²) in [5.74, 6) is -0.182. The molecule has 2 aromatic carbocycles. The van der Waals surface area contributed by atoms with Gasteiger partial charge < -0.3 is 10.2 Å². The molecule has 2 rings (SSSR count). The summed E-state index contributed by atoms with van der Waals surface area (Å²) in [5.41, 5.74) is 2.87. The van der Waals surface area contributed by atoms with E-state index in [1.165, 1.54) is 5.56 Å². The van der Waals surface area contributed by atoms with Crippen molar-refractivity contribution in [3.63, 3.8) is 0 Å². The molecule has 2 aromatic rings. The molecule has 0 fully saturated rings. The Balaban J connectivity index is 2.22. The zero-order valence-electron chi connectivity index (χ0n) is 19.4. The quantitative estimate of drug-likeness (QED) is 0.552. The summed E-state index contributed by atoms with van der Waals surface area (Å²) < 4.78 is 0. The van der Waals surface area contributed by atoms with E-state index in [1.807, 2.05) is 52.0 Å². The van der Waals surface area contributed by atoms with Gasteiger partial charge in [-0.25, -0.2) is 0 Å². The van der Waals surface area contributed by atoms with E-state index in [0.29, 0.717) is 30.8 Å². The van der Waals surface area contributed by atoms with Gasteiger partial charge in [0.15, 0.2) is 0 Å². The van der Waals surface area contributed by atoms with E-state index in [9.17, 15) is 9.59 Å². The first-order valence-corrected chi connectivity index (χ1v) is 11.4. The summed E-state index contributed by atoms with van der Waals surface area (Å²) in [6.45, 7) is 10.2. The molecule has 0 heterocycles. The highest BCUT2D eigenvalue weighted by Gasteiger charge is 2.30. The lowest BCUT2D eigenvalue weighted by Gasteiger charge is -2.33. The van der Waals surface area contributed by atoms with Gasteiger partial charge in [-0.05, 0) is 62.8 Å². The third-order valence-electron chi connectivity index (χ3n) is 5.24. The monoisotopic (exact) mass is 442 g/mol. The SMILES string of the molecule is CCc1ccc(CCC(=O)N(Cc2ccccc2Cl)[C@H](CC)C(=O)NC(C)(C)C)cc1. The molecule has 5 heteroatoms. The van der Waals surface area contributed by atoms with Gasteiger partial charge in [0.25, 0.3) is 0 Å². The smallest absolute Gasteiger partial charge is 0.243 e. The van der Waals surface area contributed by atoms with Crippen molar-refractivity contribution < 1.29 is 9.59 Å². The second kappa shape index (κ2) is 11.3. The molecular weight excluding hydrogens is 408 g/mol. The maximum absolute atomic E-state index is 13.3. The van der Waals surface area contributed by atoms with Crippen molar-refractivity contribution in [2.75, 3.05) is 0 Å². The van der Waals surface area contributed by atoms with E-state index in [1.54, 1.807) is 4.90 Å². The molecule has 0 unspecified atom stereocenters. The Labute approximate surface area is 192 Å². The molecule has 0 aliphatic carbocycles. The van der Waals surface area contributed by atoms with Crippen LogP contribution in [0.5, 0.6) is 0 Å². The molecule has 0 bridgehead atoms. The zero-order chi connectivity index (χ0) is 23.0. The predicted octanol–water partition coefficient (Wildman–Crippen LogP) is 5.56. The van der Waals surface area contributed by atoms with Gasteiger partial charge in [-0.1, -0.05) is 67.9 Å². The van der Waals surface area contributed by atoms with Gasteiger partial charge in [0.1, 0.15) is 6.04 Å². The summed E-state index contributed by atoms with van der Waals surface area (Å²) in [5, 5.41) is 3.63. The molecule has 0 aromatic heterocycles. The molecule has 0 saturated heterocycles. The Morgan fingerprint density at radius 3 is 2.16 bits per heavy atom. The highest BCUT2D eigenvalue weighted by molar-refractivity contribution is 6.31. The van der Waals surface area contributed by atoms with Crippen molar-refractivity contribution in [3.05, 3.63) is 70.2 Å². The van der Waals surface area contributed by atoms with Gasteiger partial charge in [0.2, 0.25) is 11.8 Å². The van der Waals surface area contributed by atoms with Gasteiger partial charge in [-0.2, -0.15) is 0 Å². The van der Waals surface area contributed by atoms with Crippen molar-refractivity contribution in [2.24, 2.45) is 0 Å². The van der Waals surface area contributed by atoms with Crippen molar-refractivity contribution in [1.82, 2.24) is 10.2 Å². The fraction of sp³-hybridized carbons (Fsp3) is 0.462.